The number of hydrogen-bond acceptors (Lipinski definition) is 5. The summed E-state index contributed by atoms with van der Waals surface area (Å²) in [4.78, 5) is 27.1. The highest BCUT2D eigenvalue weighted by Gasteiger charge is 2.39. The smallest absolute Gasteiger partial charge is 0.337 e. The average molecular weight is 415 g/mol. The van der Waals surface area contributed by atoms with Crippen molar-refractivity contribution in [3.8, 4) is 0 Å². The van der Waals surface area contributed by atoms with Gasteiger partial charge in [-0.2, -0.15) is 10.1 Å². The van der Waals surface area contributed by atoms with E-state index in [0.717, 1.165) is 22.6 Å². The molecule has 2 heterocycles. The number of anilines is 2. The molecule has 31 heavy (non-hydrogen) atoms. The van der Waals surface area contributed by atoms with Gasteiger partial charge in [0.2, 0.25) is 0 Å². The van der Waals surface area contributed by atoms with E-state index in [0.29, 0.717) is 16.8 Å². The fourth-order valence-electron chi connectivity index (χ4n) is 4.20. The van der Waals surface area contributed by atoms with Crippen molar-refractivity contribution in [1.82, 2.24) is 0 Å². The van der Waals surface area contributed by atoms with E-state index in [9.17, 15) is 9.59 Å². The summed E-state index contributed by atoms with van der Waals surface area (Å²) in [6.45, 7) is 6.05. The lowest BCUT2D eigenvalue weighted by atomic mass is 9.83. The Morgan fingerprint density at radius 2 is 1.81 bits per heavy atom. The molecule has 2 aliphatic rings. The quantitative estimate of drug-likeness (QED) is 0.549. The molecule has 0 fully saturated rings. The number of rotatable bonds is 3. The molecule has 0 spiro atoms. The van der Waals surface area contributed by atoms with Crippen LogP contribution in [-0.2, 0) is 14.9 Å². The number of carbonyl (C=O) groups is 2. The van der Waals surface area contributed by atoms with Crippen LogP contribution >= 0.6 is 0 Å². The molecule has 4 rings (SSSR count). The second-order valence-corrected chi connectivity index (χ2v) is 8.18. The first kappa shape index (κ1) is 20.6. The number of fused-ring (bicyclic) bond motifs is 1. The molecule has 0 saturated carbocycles. The summed E-state index contributed by atoms with van der Waals surface area (Å²) in [5, 5.41) is 5.87. The van der Waals surface area contributed by atoms with Gasteiger partial charge in [0, 0.05) is 23.8 Å². The number of hydrogen-bond donors (Lipinski definition) is 0. The molecule has 0 bridgehead atoms. The van der Waals surface area contributed by atoms with E-state index in [1.165, 1.54) is 12.1 Å². The Labute approximate surface area is 182 Å². The van der Waals surface area contributed by atoms with Crippen molar-refractivity contribution in [3.63, 3.8) is 0 Å². The topological polar surface area (TPSA) is 62.2 Å². The van der Waals surface area contributed by atoms with Crippen molar-refractivity contribution in [3.05, 3.63) is 83.1 Å². The summed E-state index contributed by atoms with van der Waals surface area (Å²) in [5.74, 6) is -0.505. The normalized spacial score (nSPS) is 19.8. The molecule has 0 N–H and O–H groups in total. The van der Waals surface area contributed by atoms with Crippen LogP contribution in [0.4, 0.5) is 11.4 Å². The Hall–Kier alpha value is -3.67. The molecule has 0 aliphatic carbocycles. The molecule has 0 unspecified atom stereocenters. The molecule has 0 saturated heterocycles. The molecule has 1 amide bonds. The minimum absolute atomic E-state index is 0.149. The number of carbonyl (C=O) groups excluding carboxylic acids is 2. The second kappa shape index (κ2) is 7.54. The molecular weight excluding hydrogens is 390 g/mol. The zero-order valence-electron chi connectivity index (χ0n) is 18.3. The summed E-state index contributed by atoms with van der Waals surface area (Å²) < 4.78 is 4.87. The van der Waals surface area contributed by atoms with Crippen LogP contribution in [0, 0.1) is 0 Å². The summed E-state index contributed by atoms with van der Waals surface area (Å²) in [5.41, 5.74) is 5.24. The van der Waals surface area contributed by atoms with Gasteiger partial charge >= 0.3 is 5.97 Å². The Balaban J connectivity index is 1.69. The van der Waals surface area contributed by atoms with E-state index in [1.807, 2.05) is 68.6 Å². The maximum absolute atomic E-state index is 13.0. The van der Waals surface area contributed by atoms with Crippen molar-refractivity contribution in [1.29, 1.82) is 0 Å². The van der Waals surface area contributed by atoms with E-state index in [1.54, 1.807) is 6.07 Å². The number of esters is 1. The van der Waals surface area contributed by atoms with E-state index in [4.69, 9.17) is 4.74 Å². The van der Waals surface area contributed by atoms with Crippen molar-refractivity contribution in [2.45, 2.75) is 26.2 Å². The molecule has 2 aromatic rings. The zero-order valence-corrected chi connectivity index (χ0v) is 18.3. The van der Waals surface area contributed by atoms with Gasteiger partial charge in [0.05, 0.1) is 29.6 Å². The molecule has 0 atom stereocenters. The van der Waals surface area contributed by atoms with Crippen molar-refractivity contribution < 1.29 is 14.3 Å². The number of nitrogens with zero attached hydrogens (tertiary/aromatic N) is 3. The maximum Gasteiger partial charge on any atom is 0.337 e. The third-order valence-corrected chi connectivity index (χ3v) is 5.93. The molecule has 6 nitrogen and oxygen atoms in total. The highest BCUT2D eigenvalue weighted by molar-refractivity contribution is 6.29. The summed E-state index contributed by atoms with van der Waals surface area (Å²) in [6.07, 6.45) is 3.81. The fraction of sp³-hybridized carbons (Fsp3) is 0.240. The highest BCUT2D eigenvalue weighted by Crippen LogP contribution is 2.47. The van der Waals surface area contributed by atoms with Crippen molar-refractivity contribution >= 4 is 29.0 Å². The highest BCUT2D eigenvalue weighted by atomic mass is 16.5. The van der Waals surface area contributed by atoms with Gasteiger partial charge < -0.3 is 9.64 Å². The van der Waals surface area contributed by atoms with Crippen LogP contribution in [0.2, 0.25) is 0 Å². The fourth-order valence-corrected chi connectivity index (χ4v) is 4.20. The van der Waals surface area contributed by atoms with E-state index in [-0.39, 0.29) is 17.3 Å². The average Bonchev–Trinajstić information content (AvgIpc) is 3.16. The number of para-hydroxylation sites is 1. The molecule has 6 heteroatoms. The van der Waals surface area contributed by atoms with Gasteiger partial charge in [-0.05, 0) is 55.0 Å². The van der Waals surface area contributed by atoms with Gasteiger partial charge in [0.1, 0.15) is 0 Å². The minimum atomic E-state index is -0.356. The predicted molar refractivity (Wildman–Crippen MR) is 122 cm³/mol. The van der Waals surface area contributed by atoms with Crippen LogP contribution in [0.1, 0.15) is 36.7 Å². The number of likely N-dealkylation sites (N-methyl/N-ethyl adjacent to an activating group) is 1. The van der Waals surface area contributed by atoms with E-state index in [2.05, 4.69) is 23.8 Å². The van der Waals surface area contributed by atoms with Crippen LogP contribution in [0.5, 0.6) is 0 Å². The predicted octanol–water partition coefficient (Wildman–Crippen LogP) is 4.43. The van der Waals surface area contributed by atoms with E-state index < -0.39 is 0 Å². The van der Waals surface area contributed by atoms with Crippen LogP contribution in [0.15, 0.2) is 77.1 Å². The number of methoxy groups -OCH3 is 1. The lowest BCUT2D eigenvalue weighted by Crippen LogP contribution is -2.23. The molecule has 2 aromatic carbocycles. The van der Waals surface area contributed by atoms with Crippen LogP contribution in [-0.4, -0.2) is 31.7 Å². The number of amides is 1. The van der Waals surface area contributed by atoms with Crippen LogP contribution in [0.25, 0.3) is 0 Å². The first-order chi connectivity index (χ1) is 14.8. The van der Waals surface area contributed by atoms with Gasteiger partial charge in [-0.15, -0.1) is 0 Å². The summed E-state index contributed by atoms with van der Waals surface area (Å²) >= 11 is 0. The van der Waals surface area contributed by atoms with Crippen molar-refractivity contribution in [2.75, 3.05) is 24.1 Å². The summed E-state index contributed by atoms with van der Waals surface area (Å²) in [7, 11) is 3.37. The monoisotopic (exact) mass is 415 g/mol. The Morgan fingerprint density at radius 3 is 2.48 bits per heavy atom. The Bertz CT molecular complexity index is 1160. The third kappa shape index (κ3) is 3.34. The van der Waals surface area contributed by atoms with Crippen molar-refractivity contribution in [2.24, 2.45) is 5.10 Å². The largest absolute Gasteiger partial charge is 0.465 e. The van der Waals surface area contributed by atoms with Gasteiger partial charge in [-0.3, -0.25) is 4.79 Å². The molecule has 0 radical (unpaired) electrons. The van der Waals surface area contributed by atoms with Gasteiger partial charge in [-0.25, -0.2) is 4.79 Å². The molecule has 2 aliphatic heterocycles. The van der Waals surface area contributed by atoms with Crippen LogP contribution in [0.3, 0.4) is 0 Å². The minimum Gasteiger partial charge on any atom is -0.465 e. The first-order valence-electron chi connectivity index (χ1n) is 10.1. The van der Waals surface area contributed by atoms with Gasteiger partial charge in [0.15, 0.2) is 0 Å². The molecular formula is C25H25N3O3. The molecule has 158 valence electrons. The lowest BCUT2D eigenvalue weighted by molar-refractivity contribution is -0.114. The number of benzene rings is 2. The number of ether oxygens (including phenoxy) is 1. The van der Waals surface area contributed by atoms with Gasteiger partial charge in [-0.1, -0.05) is 32.0 Å². The lowest BCUT2D eigenvalue weighted by Gasteiger charge is -2.23. The Morgan fingerprint density at radius 1 is 1.10 bits per heavy atom. The van der Waals surface area contributed by atoms with Crippen LogP contribution < -0.4 is 9.91 Å². The summed E-state index contributed by atoms with van der Waals surface area (Å²) in [6, 6.07) is 15.0. The number of hydrazone groups is 1. The maximum atomic E-state index is 13.0. The second-order valence-electron chi connectivity index (χ2n) is 8.18. The van der Waals surface area contributed by atoms with E-state index >= 15 is 0 Å². The number of allylic oxidation sites excluding steroid dienone is 3. The SMILES string of the molecule is COC(=O)c1ccc2c(c1)C(C)(C)/C(=C\C=C1C(=O)N(c3ccccc3)N=C1C)N2C. The first-order valence-corrected chi connectivity index (χ1v) is 10.1. The zero-order chi connectivity index (χ0) is 22.3. The Kier molecular flexibility index (Phi) is 5.01. The third-order valence-electron chi connectivity index (χ3n) is 5.93. The standard InChI is InChI=1S/C25H25N3O3/c1-16-19(23(29)28(26-16)18-9-7-6-8-10-18)12-14-22-25(2,3)20-15-17(24(30)31-5)11-13-21(20)27(22)4/h6-15H,1-5H3/b19-12?,22-14+. The van der Waals surface area contributed by atoms with Gasteiger partial charge in [0.25, 0.3) is 5.91 Å². The molecule has 0 aromatic heterocycles.